The first-order valence-corrected chi connectivity index (χ1v) is 8.67. The Balaban J connectivity index is 1.59. The van der Waals surface area contributed by atoms with E-state index < -0.39 is 6.10 Å². The second kappa shape index (κ2) is 7.51. The summed E-state index contributed by atoms with van der Waals surface area (Å²) in [6.45, 7) is 2.77. The van der Waals surface area contributed by atoms with Crippen molar-refractivity contribution < 1.29 is 14.7 Å². The molecule has 2 aliphatic heterocycles. The van der Waals surface area contributed by atoms with Crippen LogP contribution < -0.4 is 5.32 Å². The zero-order valence-corrected chi connectivity index (χ0v) is 14.2. The van der Waals surface area contributed by atoms with Gasteiger partial charge in [0.2, 0.25) is 5.91 Å². The van der Waals surface area contributed by atoms with E-state index in [1.807, 2.05) is 0 Å². The van der Waals surface area contributed by atoms with Crippen LogP contribution in [-0.2, 0) is 4.79 Å². The number of amides is 2. The fraction of sp³-hybridized carbons (Fsp3) is 0.529. The largest absolute Gasteiger partial charge is 0.392 e. The Morgan fingerprint density at radius 3 is 2.42 bits per heavy atom. The third kappa shape index (κ3) is 3.88. The van der Waals surface area contributed by atoms with Crippen LogP contribution in [0.25, 0.3) is 0 Å². The molecule has 2 fully saturated rings. The Bertz CT molecular complexity index is 608. The molecule has 7 heteroatoms. The molecule has 0 spiro atoms. The molecular formula is C17H22ClN3O3. The molecule has 0 radical (unpaired) electrons. The first kappa shape index (κ1) is 17.2. The lowest BCUT2D eigenvalue weighted by Gasteiger charge is -2.24. The molecule has 2 atom stereocenters. The Hall–Kier alpha value is -1.63. The number of benzene rings is 1. The lowest BCUT2D eigenvalue weighted by molar-refractivity contribution is -0.133. The minimum Gasteiger partial charge on any atom is -0.392 e. The fourth-order valence-corrected chi connectivity index (χ4v) is 3.37. The molecule has 130 valence electrons. The summed E-state index contributed by atoms with van der Waals surface area (Å²) >= 11 is 5.86. The molecule has 0 aromatic heterocycles. The van der Waals surface area contributed by atoms with E-state index in [0.717, 1.165) is 6.42 Å². The van der Waals surface area contributed by atoms with Crippen LogP contribution in [0.1, 0.15) is 23.2 Å². The summed E-state index contributed by atoms with van der Waals surface area (Å²) in [6, 6.07) is 6.56. The third-order valence-corrected chi connectivity index (χ3v) is 4.84. The maximum absolute atomic E-state index is 12.6. The van der Waals surface area contributed by atoms with Gasteiger partial charge in [0.25, 0.3) is 5.91 Å². The van der Waals surface area contributed by atoms with E-state index in [4.69, 9.17) is 11.6 Å². The predicted molar refractivity (Wildman–Crippen MR) is 91.0 cm³/mol. The number of carbonyl (C=O) groups is 2. The molecule has 2 saturated heterocycles. The van der Waals surface area contributed by atoms with Crippen molar-refractivity contribution in [1.29, 1.82) is 0 Å². The molecular weight excluding hydrogens is 330 g/mol. The number of rotatable bonds is 2. The number of hydrogen-bond donors (Lipinski definition) is 2. The SMILES string of the molecule is O=C(c1ccc(Cl)cc1)N1CCCN(C(=O)C2CC(O)CN2)CC1. The van der Waals surface area contributed by atoms with E-state index in [-0.39, 0.29) is 17.9 Å². The number of halogens is 1. The van der Waals surface area contributed by atoms with Gasteiger partial charge in [-0.25, -0.2) is 0 Å². The van der Waals surface area contributed by atoms with Crippen molar-refractivity contribution in [3.8, 4) is 0 Å². The Morgan fingerprint density at radius 1 is 1.08 bits per heavy atom. The number of nitrogens with zero attached hydrogens (tertiary/aromatic N) is 2. The van der Waals surface area contributed by atoms with Gasteiger partial charge in [-0.3, -0.25) is 9.59 Å². The van der Waals surface area contributed by atoms with Crippen LogP contribution in [-0.4, -0.2) is 71.6 Å². The molecule has 0 saturated carbocycles. The highest BCUT2D eigenvalue weighted by molar-refractivity contribution is 6.30. The molecule has 24 heavy (non-hydrogen) atoms. The second-order valence-corrected chi connectivity index (χ2v) is 6.76. The topological polar surface area (TPSA) is 72.9 Å². The van der Waals surface area contributed by atoms with E-state index in [1.165, 1.54) is 0 Å². The first-order valence-electron chi connectivity index (χ1n) is 8.29. The summed E-state index contributed by atoms with van der Waals surface area (Å²) in [5.41, 5.74) is 0.611. The van der Waals surface area contributed by atoms with Crippen LogP contribution in [0.3, 0.4) is 0 Å². The number of hydrogen-bond acceptors (Lipinski definition) is 4. The summed E-state index contributed by atoms with van der Waals surface area (Å²) < 4.78 is 0. The molecule has 1 aromatic carbocycles. The van der Waals surface area contributed by atoms with Crippen LogP contribution in [0, 0.1) is 0 Å². The van der Waals surface area contributed by atoms with E-state index in [2.05, 4.69) is 5.32 Å². The maximum Gasteiger partial charge on any atom is 0.253 e. The number of carbonyl (C=O) groups excluding carboxylic acids is 2. The fourth-order valence-electron chi connectivity index (χ4n) is 3.24. The van der Waals surface area contributed by atoms with E-state index >= 15 is 0 Å². The van der Waals surface area contributed by atoms with Gasteiger partial charge in [0, 0.05) is 43.3 Å². The minimum absolute atomic E-state index is 0.0207. The van der Waals surface area contributed by atoms with Crippen molar-refractivity contribution in [2.45, 2.75) is 25.0 Å². The van der Waals surface area contributed by atoms with Gasteiger partial charge in [0.15, 0.2) is 0 Å². The predicted octanol–water partition coefficient (Wildman–Crippen LogP) is 0.737. The van der Waals surface area contributed by atoms with Crippen LogP contribution in [0.2, 0.25) is 5.02 Å². The molecule has 1 aromatic rings. The quantitative estimate of drug-likeness (QED) is 0.824. The van der Waals surface area contributed by atoms with Gasteiger partial charge in [-0.1, -0.05) is 11.6 Å². The van der Waals surface area contributed by atoms with Crippen LogP contribution in [0.5, 0.6) is 0 Å². The summed E-state index contributed by atoms with van der Waals surface area (Å²) in [7, 11) is 0. The smallest absolute Gasteiger partial charge is 0.253 e. The van der Waals surface area contributed by atoms with Crippen LogP contribution >= 0.6 is 11.6 Å². The molecule has 2 amide bonds. The van der Waals surface area contributed by atoms with Gasteiger partial charge in [0.1, 0.15) is 0 Å². The highest BCUT2D eigenvalue weighted by atomic mass is 35.5. The summed E-state index contributed by atoms with van der Waals surface area (Å²) in [5.74, 6) is -0.0114. The van der Waals surface area contributed by atoms with Crippen molar-refractivity contribution in [1.82, 2.24) is 15.1 Å². The lowest BCUT2D eigenvalue weighted by Crippen LogP contribution is -2.45. The van der Waals surface area contributed by atoms with Crippen molar-refractivity contribution in [2.75, 3.05) is 32.7 Å². The van der Waals surface area contributed by atoms with Gasteiger partial charge >= 0.3 is 0 Å². The van der Waals surface area contributed by atoms with Gasteiger partial charge in [-0.05, 0) is 37.1 Å². The summed E-state index contributed by atoms with van der Waals surface area (Å²) in [4.78, 5) is 28.7. The first-order chi connectivity index (χ1) is 11.5. The van der Waals surface area contributed by atoms with Gasteiger partial charge in [0.05, 0.1) is 12.1 Å². The molecule has 0 aliphatic carbocycles. The molecule has 3 rings (SSSR count). The number of aliphatic hydroxyl groups is 1. The minimum atomic E-state index is -0.450. The zero-order valence-electron chi connectivity index (χ0n) is 13.4. The molecule has 2 heterocycles. The molecule has 2 aliphatic rings. The van der Waals surface area contributed by atoms with Crippen molar-refractivity contribution in [2.24, 2.45) is 0 Å². The zero-order chi connectivity index (χ0) is 17.1. The third-order valence-electron chi connectivity index (χ3n) is 4.59. The highest BCUT2D eigenvalue weighted by Gasteiger charge is 2.32. The highest BCUT2D eigenvalue weighted by Crippen LogP contribution is 2.15. The van der Waals surface area contributed by atoms with Crippen molar-refractivity contribution >= 4 is 23.4 Å². The average molecular weight is 352 g/mol. The Morgan fingerprint density at radius 2 is 1.75 bits per heavy atom. The Kier molecular flexibility index (Phi) is 5.38. The summed E-state index contributed by atoms with van der Waals surface area (Å²) in [6.07, 6.45) is 0.761. The van der Waals surface area contributed by atoms with Gasteiger partial charge in [-0.15, -0.1) is 0 Å². The summed E-state index contributed by atoms with van der Waals surface area (Å²) in [5, 5.41) is 13.2. The Labute approximate surface area is 146 Å². The standard InChI is InChI=1S/C17H22ClN3O3/c18-13-4-2-12(3-5-13)16(23)20-6-1-7-21(9-8-20)17(24)15-10-14(22)11-19-15/h2-5,14-15,19,22H,1,6-11H2. The van der Waals surface area contributed by atoms with E-state index in [9.17, 15) is 14.7 Å². The molecule has 2 N–H and O–H groups in total. The van der Waals surface area contributed by atoms with Gasteiger partial charge in [-0.2, -0.15) is 0 Å². The number of β-amino-alcohol motifs (C(OH)–C–C–N with tert-alkyl or cyclic N) is 1. The average Bonchev–Trinajstić information content (AvgIpc) is 2.87. The molecule has 2 unspecified atom stereocenters. The monoisotopic (exact) mass is 351 g/mol. The van der Waals surface area contributed by atoms with Crippen LogP contribution in [0.4, 0.5) is 0 Å². The second-order valence-electron chi connectivity index (χ2n) is 6.33. The van der Waals surface area contributed by atoms with E-state index in [1.54, 1.807) is 34.1 Å². The number of nitrogens with one attached hydrogen (secondary N) is 1. The van der Waals surface area contributed by atoms with E-state index in [0.29, 0.717) is 49.7 Å². The molecule has 0 bridgehead atoms. The normalized spacial score (nSPS) is 24.8. The number of aliphatic hydroxyl groups excluding tert-OH is 1. The van der Waals surface area contributed by atoms with Gasteiger partial charge < -0.3 is 20.2 Å². The van der Waals surface area contributed by atoms with Crippen LogP contribution in [0.15, 0.2) is 24.3 Å². The maximum atomic E-state index is 12.6. The lowest BCUT2D eigenvalue weighted by atomic mass is 10.2. The molecule has 6 nitrogen and oxygen atoms in total. The van der Waals surface area contributed by atoms with Crippen molar-refractivity contribution in [3.05, 3.63) is 34.9 Å². The van der Waals surface area contributed by atoms with Crippen molar-refractivity contribution in [3.63, 3.8) is 0 Å².